The van der Waals surface area contributed by atoms with Gasteiger partial charge in [-0.25, -0.2) is 0 Å². The van der Waals surface area contributed by atoms with E-state index in [9.17, 15) is 4.79 Å². The van der Waals surface area contributed by atoms with E-state index in [4.69, 9.17) is 21.1 Å². The molecule has 0 unspecified atom stereocenters. The highest BCUT2D eigenvalue weighted by atomic mass is 35.5. The molecule has 0 saturated heterocycles. The topological polar surface area (TPSA) is 56.6 Å². The Morgan fingerprint density at radius 3 is 2.62 bits per heavy atom. The molecule has 7 heteroatoms. The van der Waals surface area contributed by atoms with Crippen molar-refractivity contribution in [1.29, 1.82) is 0 Å². The Labute approximate surface area is 158 Å². The fourth-order valence-electron chi connectivity index (χ4n) is 3.56. The standard InChI is InChI=1S/C19H24ClN3O3/c1-22-18(16(20)11-21-22)19(24)23(14-6-4-5-7-14)12-13-10-15(25-2)8-9-17(13)26-3/h8-11,14H,4-7,12H2,1-3H3. The molecule has 3 rings (SSSR count). The van der Waals surface area contributed by atoms with E-state index in [0.717, 1.165) is 42.7 Å². The first-order valence-electron chi connectivity index (χ1n) is 8.74. The van der Waals surface area contributed by atoms with E-state index in [0.29, 0.717) is 17.3 Å². The van der Waals surface area contributed by atoms with Crippen molar-refractivity contribution in [1.82, 2.24) is 14.7 Å². The number of ether oxygens (including phenoxy) is 2. The van der Waals surface area contributed by atoms with Crippen LogP contribution in [0.3, 0.4) is 0 Å². The van der Waals surface area contributed by atoms with E-state index in [-0.39, 0.29) is 11.9 Å². The lowest BCUT2D eigenvalue weighted by Gasteiger charge is -2.30. The SMILES string of the molecule is COc1ccc(OC)c(CN(C(=O)c2c(Cl)cnn2C)C2CCCC2)c1. The molecule has 140 valence electrons. The van der Waals surface area contributed by atoms with Gasteiger partial charge in [0.2, 0.25) is 0 Å². The number of methoxy groups -OCH3 is 2. The maximum Gasteiger partial charge on any atom is 0.274 e. The van der Waals surface area contributed by atoms with Gasteiger partial charge >= 0.3 is 0 Å². The van der Waals surface area contributed by atoms with Crippen LogP contribution in [0, 0.1) is 0 Å². The van der Waals surface area contributed by atoms with Gasteiger partial charge in [0.1, 0.15) is 17.2 Å². The lowest BCUT2D eigenvalue weighted by atomic mass is 10.1. The number of hydrogen-bond donors (Lipinski definition) is 0. The third-order valence-electron chi connectivity index (χ3n) is 4.95. The number of nitrogens with zero attached hydrogens (tertiary/aromatic N) is 3. The molecule has 0 aliphatic heterocycles. The number of halogens is 1. The zero-order valence-corrected chi connectivity index (χ0v) is 16.1. The van der Waals surface area contributed by atoms with E-state index in [1.54, 1.807) is 21.3 Å². The lowest BCUT2D eigenvalue weighted by Crippen LogP contribution is -2.39. The summed E-state index contributed by atoms with van der Waals surface area (Å²) in [7, 11) is 4.99. The third kappa shape index (κ3) is 3.65. The van der Waals surface area contributed by atoms with E-state index >= 15 is 0 Å². The van der Waals surface area contributed by atoms with Gasteiger partial charge in [-0.3, -0.25) is 9.48 Å². The fraction of sp³-hybridized carbons (Fsp3) is 0.474. The maximum atomic E-state index is 13.3. The summed E-state index contributed by atoms with van der Waals surface area (Å²) in [5.74, 6) is 1.36. The van der Waals surface area contributed by atoms with Gasteiger partial charge in [-0.2, -0.15) is 5.10 Å². The van der Waals surface area contributed by atoms with Crippen molar-refractivity contribution in [3.05, 3.63) is 40.7 Å². The Balaban J connectivity index is 1.96. The summed E-state index contributed by atoms with van der Waals surface area (Å²) in [6, 6.07) is 5.81. The monoisotopic (exact) mass is 377 g/mol. The Kier molecular flexibility index (Phi) is 5.71. The zero-order valence-electron chi connectivity index (χ0n) is 15.4. The minimum atomic E-state index is -0.105. The van der Waals surface area contributed by atoms with Crippen molar-refractivity contribution < 1.29 is 14.3 Å². The highest BCUT2D eigenvalue weighted by molar-refractivity contribution is 6.33. The molecule has 1 aromatic carbocycles. The van der Waals surface area contributed by atoms with E-state index < -0.39 is 0 Å². The molecule has 6 nitrogen and oxygen atoms in total. The van der Waals surface area contributed by atoms with Crippen molar-refractivity contribution in [2.24, 2.45) is 7.05 Å². The molecule has 0 N–H and O–H groups in total. The summed E-state index contributed by atoms with van der Waals surface area (Å²) in [4.78, 5) is 15.2. The molecule has 1 fully saturated rings. The van der Waals surface area contributed by atoms with Gasteiger partial charge in [-0.1, -0.05) is 24.4 Å². The van der Waals surface area contributed by atoms with Gasteiger partial charge < -0.3 is 14.4 Å². The first-order chi connectivity index (χ1) is 12.5. The van der Waals surface area contributed by atoms with Crippen molar-refractivity contribution in [2.75, 3.05) is 14.2 Å². The molecule has 0 radical (unpaired) electrons. The van der Waals surface area contributed by atoms with Crippen LogP contribution in [-0.2, 0) is 13.6 Å². The number of carbonyl (C=O) groups is 1. The molecule has 1 heterocycles. The van der Waals surface area contributed by atoms with Crippen molar-refractivity contribution in [3.8, 4) is 11.5 Å². The second-order valence-electron chi connectivity index (χ2n) is 6.51. The number of rotatable bonds is 6. The van der Waals surface area contributed by atoms with Gasteiger partial charge in [0.15, 0.2) is 0 Å². The molecule has 0 bridgehead atoms. The van der Waals surface area contributed by atoms with Gasteiger partial charge in [-0.05, 0) is 31.0 Å². The van der Waals surface area contributed by atoms with Crippen molar-refractivity contribution in [3.63, 3.8) is 0 Å². The molecule has 1 aromatic heterocycles. The highest BCUT2D eigenvalue weighted by Crippen LogP contribution is 2.31. The van der Waals surface area contributed by atoms with Crippen LogP contribution in [0.25, 0.3) is 0 Å². The van der Waals surface area contributed by atoms with E-state index in [1.165, 1.54) is 10.9 Å². The van der Waals surface area contributed by atoms with Gasteiger partial charge in [0.25, 0.3) is 5.91 Å². The number of carbonyl (C=O) groups excluding carboxylic acids is 1. The smallest absolute Gasteiger partial charge is 0.274 e. The molecule has 0 spiro atoms. The first kappa shape index (κ1) is 18.6. The zero-order chi connectivity index (χ0) is 18.7. The maximum absolute atomic E-state index is 13.3. The Hall–Kier alpha value is -2.21. The molecule has 1 aliphatic carbocycles. The molecule has 1 amide bonds. The molecule has 0 atom stereocenters. The Morgan fingerprint density at radius 1 is 1.31 bits per heavy atom. The molecule has 1 saturated carbocycles. The normalized spacial score (nSPS) is 14.5. The van der Waals surface area contributed by atoms with Crippen molar-refractivity contribution in [2.45, 2.75) is 38.3 Å². The van der Waals surface area contributed by atoms with Crippen LogP contribution in [0.1, 0.15) is 41.7 Å². The van der Waals surface area contributed by atoms with Gasteiger partial charge in [0, 0.05) is 18.7 Å². The number of aromatic nitrogens is 2. The van der Waals surface area contributed by atoms with Crippen molar-refractivity contribution >= 4 is 17.5 Å². The van der Waals surface area contributed by atoms with Crippen LogP contribution in [-0.4, -0.2) is 40.8 Å². The average molecular weight is 378 g/mol. The van der Waals surface area contributed by atoms with E-state index in [2.05, 4.69) is 5.10 Å². The lowest BCUT2D eigenvalue weighted by molar-refractivity contribution is 0.0651. The van der Waals surface area contributed by atoms with Crippen LogP contribution in [0.4, 0.5) is 0 Å². The number of amides is 1. The average Bonchev–Trinajstić information content (AvgIpc) is 3.29. The summed E-state index contributed by atoms with van der Waals surface area (Å²) in [5.41, 5.74) is 1.32. The number of aryl methyl sites for hydroxylation is 1. The molecule has 1 aliphatic rings. The summed E-state index contributed by atoms with van der Waals surface area (Å²) in [5, 5.41) is 4.48. The number of hydrogen-bond acceptors (Lipinski definition) is 4. The van der Waals surface area contributed by atoms with Crippen LogP contribution in [0.2, 0.25) is 5.02 Å². The molecule has 2 aromatic rings. The first-order valence-corrected chi connectivity index (χ1v) is 9.12. The minimum absolute atomic E-state index is 0.105. The summed E-state index contributed by atoms with van der Waals surface area (Å²) in [6.45, 7) is 0.436. The molecular formula is C19H24ClN3O3. The fourth-order valence-corrected chi connectivity index (χ4v) is 3.81. The quantitative estimate of drug-likeness (QED) is 0.770. The predicted molar refractivity (Wildman–Crippen MR) is 99.9 cm³/mol. The Morgan fingerprint density at radius 2 is 2.04 bits per heavy atom. The summed E-state index contributed by atoms with van der Waals surface area (Å²) in [6.07, 6.45) is 5.75. The molecule has 26 heavy (non-hydrogen) atoms. The van der Waals surface area contributed by atoms with Gasteiger partial charge in [0.05, 0.1) is 32.0 Å². The Bertz CT molecular complexity index is 765. The summed E-state index contributed by atoms with van der Waals surface area (Å²) >= 11 is 6.22. The largest absolute Gasteiger partial charge is 0.497 e. The van der Waals surface area contributed by atoms with Crippen LogP contribution < -0.4 is 9.47 Å². The number of benzene rings is 1. The van der Waals surface area contributed by atoms with Crippen LogP contribution >= 0.6 is 11.6 Å². The van der Waals surface area contributed by atoms with Gasteiger partial charge in [-0.15, -0.1) is 0 Å². The predicted octanol–water partition coefficient (Wildman–Crippen LogP) is 3.68. The van der Waals surface area contributed by atoms with Crippen LogP contribution in [0.15, 0.2) is 24.4 Å². The molecular weight excluding hydrogens is 354 g/mol. The van der Waals surface area contributed by atoms with E-state index in [1.807, 2.05) is 23.1 Å². The minimum Gasteiger partial charge on any atom is -0.497 e. The highest BCUT2D eigenvalue weighted by Gasteiger charge is 2.31. The van der Waals surface area contributed by atoms with Crippen LogP contribution in [0.5, 0.6) is 11.5 Å². The third-order valence-corrected chi connectivity index (χ3v) is 5.23. The second kappa shape index (κ2) is 7.99. The summed E-state index contributed by atoms with van der Waals surface area (Å²) < 4.78 is 12.4. The second-order valence-corrected chi connectivity index (χ2v) is 6.92.